The highest BCUT2D eigenvalue weighted by atomic mass is 16.5. The zero-order valence-electron chi connectivity index (χ0n) is 14.6. The molecule has 3 N–H and O–H groups in total. The maximum atomic E-state index is 12.7. The molecule has 0 radical (unpaired) electrons. The van der Waals surface area contributed by atoms with Crippen LogP contribution in [0.5, 0.6) is 0 Å². The molecule has 0 aliphatic carbocycles. The van der Waals surface area contributed by atoms with Crippen LogP contribution in [0.1, 0.15) is 21.7 Å². The molecular weight excluding hydrogens is 344 g/mol. The molecule has 0 unspecified atom stereocenters. The van der Waals surface area contributed by atoms with Gasteiger partial charge >= 0.3 is 0 Å². The number of anilines is 1. The van der Waals surface area contributed by atoms with Crippen LogP contribution < -0.4 is 10.8 Å². The second-order valence-corrected chi connectivity index (χ2v) is 5.80. The van der Waals surface area contributed by atoms with Crippen molar-refractivity contribution in [2.75, 3.05) is 5.32 Å². The van der Waals surface area contributed by atoms with Crippen molar-refractivity contribution in [2.45, 2.75) is 6.92 Å². The lowest BCUT2D eigenvalue weighted by molar-refractivity contribution is -0.124. The maximum absolute atomic E-state index is 12.7. The number of carbonyl (C=O) groups excluding carboxylic acids is 2. The third-order valence-corrected chi connectivity index (χ3v) is 3.95. The smallest absolute Gasteiger partial charge is 0.267 e. The Labute approximate surface area is 156 Å². The summed E-state index contributed by atoms with van der Waals surface area (Å²) in [5, 5.41) is 11.4. The summed E-state index contributed by atoms with van der Waals surface area (Å²) >= 11 is 0. The second kappa shape index (κ2) is 8.16. The van der Waals surface area contributed by atoms with Crippen molar-refractivity contribution in [2.24, 2.45) is 0 Å². The first-order valence-corrected chi connectivity index (χ1v) is 8.27. The third kappa shape index (κ3) is 4.31. The van der Waals surface area contributed by atoms with Gasteiger partial charge in [0.1, 0.15) is 11.5 Å². The maximum Gasteiger partial charge on any atom is 0.267 e. The van der Waals surface area contributed by atoms with E-state index in [1.165, 1.54) is 17.6 Å². The Bertz CT molecular complexity index is 990. The standard InChI is InChI=1S/C21H18N2O4/c1-14-17(13-19(27-14)16-8-3-2-4-9-16)21(25)22-18-10-6-5-7-15(18)11-12-20(24)23-26/h2-13,26H,1H3,(H,22,25)(H,23,24)/b12-11+. The molecule has 3 rings (SSSR count). The van der Waals surface area contributed by atoms with Crippen molar-refractivity contribution in [1.82, 2.24) is 5.48 Å². The molecule has 0 aliphatic rings. The third-order valence-electron chi connectivity index (χ3n) is 3.95. The molecule has 0 atom stereocenters. The van der Waals surface area contributed by atoms with E-state index >= 15 is 0 Å². The first-order chi connectivity index (χ1) is 13.1. The van der Waals surface area contributed by atoms with Crippen LogP contribution >= 0.6 is 0 Å². The molecule has 6 heteroatoms. The minimum Gasteiger partial charge on any atom is -0.461 e. The Hall–Kier alpha value is -3.64. The highest BCUT2D eigenvalue weighted by molar-refractivity contribution is 6.06. The van der Waals surface area contributed by atoms with E-state index in [9.17, 15) is 9.59 Å². The van der Waals surface area contributed by atoms with Gasteiger partial charge in [-0.3, -0.25) is 14.8 Å². The molecule has 136 valence electrons. The summed E-state index contributed by atoms with van der Waals surface area (Å²) < 4.78 is 5.73. The molecule has 0 saturated heterocycles. The highest BCUT2D eigenvalue weighted by Crippen LogP contribution is 2.26. The number of hydrogen-bond donors (Lipinski definition) is 3. The normalized spacial score (nSPS) is 10.7. The second-order valence-electron chi connectivity index (χ2n) is 5.80. The summed E-state index contributed by atoms with van der Waals surface area (Å²) in [6, 6.07) is 18.3. The minimum atomic E-state index is -0.658. The summed E-state index contributed by atoms with van der Waals surface area (Å²) in [4.78, 5) is 23.9. The first kappa shape index (κ1) is 18.2. The molecule has 6 nitrogen and oxygen atoms in total. The lowest BCUT2D eigenvalue weighted by Gasteiger charge is -2.07. The average molecular weight is 362 g/mol. The van der Waals surface area contributed by atoms with Gasteiger partial charge in [-0.05, 0) is 30.7 Å². The zero-order chi connectivity index (χ0) is 19.2. The van der Waals surface area contributed by atoms with Crippen LogP contribution in [0.15, 0.2) is 71.2 Å². The van der Waals surface area contributed by atoms with Crippen LogP contribution in [-0.2, 0) is 4.79 Å². The number of carbonyl (C=O) groups is 2. The van der Waals surface area contributed by atoms with Crippen LogP contribution in [0.25, 0.3) is 17.4 Å². The average Bonchev–Trinajstić information content (AvgIpc) is 3.09. The Morgan fingerprint density at radius 1 is 1.04 bits per heavy atom. The quantitative estimate of drug-likeness (QED) is 0.363. The molecule has 27 heavy (non-hydrogen) atoms. The topological polar surface area (TPSA) is 91.6 Å². The van der Waals surface area contributed by atoms with Gasteiger partial charge in [0.05, 0.1) is 5.56 Å². The fraction of sp³-hybridized carbons (Fsp3) is 0.0476. The van der Waals surface area contributed by atoms with Crippen LogP contribution in [0.3, 0.4) is 0 Å². The molecule has 1 heterocycles. The fourth-order valence-electron chi connectivity index (χ4n) is 2.60. The molecule has 3 aromatic rings. The largest absolute Gasteiger partial charge is 0.461 e. The van der Waals surface area contributed by atoms with E-state index in [1.54, 1.807) is 37.3 Å². The van der Waals surface area contributed by atoms with Crippen molar-refractivity contribution < 1.29 is 19.2 Å². The van der Waals surface area contributed by atoms with Crippen LogP contribution in [0, 0.1) is 6.92 Å². The lowest BCUT2D eigenvalue weighted by atomic mass is 10.1. The predicted molar refractivity (Wildman–Crippen MR) is 102 cm³/mol. The van der Waals surface area contributed by atoms with E-state index in [1.807, 2.05) is 30.3 Å². The molecule has 0 spiro atoms. The van der Waals surface area contributed by atoms with Crippen LogP contribution in [0.2, 0.25) is 0 Å². The molecule has 0 fully saturated rings. The van der Waals surface area contributed by atoms with Gasteiger partial charge < -0.3 is 9.73 Å². The predicted octanol–water partition coefficient (Wildman–Crippen LogP) is 4.03. The molecule has 0 aliphatic heterocycles. The lowest BCUT2D eigenvalue weighted by Crippen LogP contribution is -2.15. The van der Waals surface area contributed by atoms with Gasteiger partial charge in [0.2, 0.25) is 0 Å². The minimum absolute atomic E-state index is 0.314. The van der Waals surface area contributed by atoms with Crippen molar-refractivity contribution >= 4 is 23.6 Å². The Balaban J connectivity index is 1.84. The highest BCUT2D eigenvalue weighted by Gasteiger charge is 2.16. The number of benzene rings is 2. The van der Waals surface area contributed by atoms with Crippen molar-refractivity contribution in [3.63, 3.8) is 0 Å². The van der Waals surface area contributed by atoms with Crippen LogP contribution in [-0.4, -0.2) is 17.0 Å². The van der Waals surface area contributed by atoms with Gasteiger partial charge in [-0.1, -0.05) is 48.5 Å². The van der Waals surface area contributed by atoms with Gasteiger partial charge in [-0.2, -0.15) is 0 Å². The summed E-state index contributed by atoms with van der Waals surface area (Å²) in [7, 11) is 0. The molecule has 0 saturated carbocycles. The molecule has 2 amide bonds. The Morgan fingerprint density at radius 3 is 2.48 bits per heavy atom. The number of rotatable bonds is 5. The van der Waals surface area contributed by atoms with E-state index in [4.69, 9.17) is 9.62 Å². The van der Waals surface area contributed by atoms with Gasteiger partial charge in [0.15, 0.2) is 0 Å². The van der Waals surface area contributed by atoms with Crippen molar-refractivity contribution in [3.05, 3.63) is 83.6 Å². The van der Waals surface area contributed by atoms with Crippen molar-refractivity contribution in [1.29, 1.82) is 0 Å². The first-order valence-electron chi connectivity index (χ1n) is 8.27. The number of furan rings is 1. The summed E-state index contributed by atoms with van der Waals surface area (Å²) in [6.45, 7) is 1.73. The zero-order valence-corrected chi connectivity index (χ0v) is 14.6. The fourth-order valence-corrected chi connectivity index (χ4v) is 2.60. The van der Waals surface area contributed by atoms with Crippen molar-refractivity contribution in [3.8, 4) is 11.3 Å². The van der Waals surface area contributed by atoms with E-state index < -0.39 is 5.91 Å². The van der Waals surface area contributed by atoms with E-state index in [-0.39, 0.29) is 5.91 Å². The number of amides is 2. The van der Waals surface area contributed by atoms with Gasteiger partial charge in [0, 0.05) is 17.3 Å². The number of para-hydroxylation sites is 1. The summed E-state index contributed by atoms with van der Waals surface area (Å²) in [5.74, 6) is 0.158. The Kier molecular flexibility index (Phi) is 5.49. The van der Waals surface area contributed by atoms with E-state index in [2.05, 4.69) is 5.32 Å². The SMILES string of the molecule is Cc1oc(-c2ccccc2)cc1C(=O)Nc1ccccc1/C=C/C(=O)NO. The summed E-state index contributed by atoms with van der Waals surface area (Å²) in [6.07, 6.45) is 2.67. The summed E-state index contributed by atoms with van der Waals surface area (Å²) in [5.41, 5.74) is 4.00. The van der Waals surface area contributed by atoms with E-state index in [0.29, 0.717) is 28.3 Å². The molecule has 2 aromatic carbocycles. The Morgan fingerprint density at radius 2 is 1.74 bits per heavy atom. The van der Waals surface area contributed by atoms with Gasteiger partial charge in [-0.25, -0.2) is 5.48 Å². The number of aryl methyl sites for hydroxylation is 1. The molecular formula is C21H18N2O4. The van der Waals surface area contributed by atoms with Crippen LogP contribution in [0.4, 0.5) is 5.69 Å². The van der Waals surface area contributed by atoms with Gasteiger partial charge in [0.25, 0.3) is 11.8 Å². The monoisotopic (exact) mass is 362 g/mol. The molecule has 1 aromatic heterocycles. The van der Waals surface area contributed by atoms with Gasteiger partial charge in [-0.15, -0.1) is 0 Å². The number of nitrogens with one attached hydrogen (secondary N) is 2. The number of hydrogen-bond acceptors (Lipinski definition) is 4. The molecule has 0 bridgehead atoms. The van der Waals surface area contributed by atoms with E-state index in [0.717, 1.165) is 5.56 Å². The number of hydroxylamine groups is 1.